The first kappa shape index (κ1) is 26.7. The molecule has 39 heavy (non-hydrogen) atoms. The second-order valence-electron chi connectivity index (χ2n) is 8.48. The molecule has 2 atom stereocenters. The second-order valence-corrected chi connectivity index (χ2v) is 9.33. The van der Waals surface area contributed by atoms with Gasteiger partial charge >= 0.3 is 18.0 Å². The molecule has 1 saturated heterocycles. The van der Waals surface area contributed by atoms with Crippen molar-refractivity contribution in [2.24, 2.45) is 0 Å². The highest BCUT2D eigenvalue weighted by atomic mass is 35.5. The minimum atomic E-state index is -4.96. The second kappa shape index (κ2) is 10.4. The van der Waals surface area contributed by atoms with Crippen LogP contribution in [0.3, 0.4) is 0 Å². The molecule has 1 unspecified atom stereocenters. The fourth-order valence-electron chi connectivity index (χ4n) is 3.92. The number of halogens is 5. The van der Waals surface area contributed by atoms with E-state index in [0.29, 0.717) is 21.3 Å². The largest absolute Gasteiger partial charge is 0.447 e. The molecule has 204 valence electrons. The SMILES string of the molecule is O=C1NC(c2nc(Cn3nc(-c4ccc(Cl)cc4)n(C[C@H](O)C(F)(F)F)c3=O)nn2-c2ccccc2Cl)CO1. The number of para-hydroxylation sites is 1. The fraction of sp³-hybridized carbons (Fsp3) is 0.261. The average Bonchev–Trinajstić information content (AvgIpc) is 3.58. The van der Waals surface area contributed by atoms with Gasteiger partial charge in [0.05, 0.1) is 17.3 Å². The van der Waals surface area contributed by atoms with Gasteiger partial charge in [-0.15, -0.1) is 10.2 Å². The fourth-order valence-corrected chi connectivity index (χ4v) is 4.26. The van der Waals surface area contributed by atoms with Crippen LogP contribution in [0.15, 0.2) is 53.3 Å². The summed E-state index contributed by atoms with van der Waals surface area (Å²) in [4.78, 5) is 29.3. The molecule has 0 saturated carbocycles. The van der Waals surface area contributed by atoms with Crippen molar-refractivity contribution in [2.75, 3.05) is 6.61 Å². The lowest BCUT2D eigenvalue weighted by Gasteiger charge is -2.15. The van der Waals surface area contributed by atoms with Crippen LogP contribution in [0.2, 0.25) is 10.0 Å². The number of aliphatic hydroxyl groups excluding tert-OH is 1. The lowest BCUT2D eigenvalue weighted by atomic mass is 10.2. The van der Waals surface area contributed by atoms with Crippen LogP contribution in [-0.4, -0.2) is 59.2 Å². The lowest BCUT2D eigenvalue weighted by molar-refractivity contribution is -0.207. The van der Waals surface area contributed by atoms with E-state index in [9.17, 15) is 27.9 Å². The van der Waals surface area contributed by atoms with Gasteiger partial charge in [0.2, 0.25) is 0 Å². The normalized spacial score (nSPS) is 16.3. The molecule has 1 fully saturated rings. The highest BCUT2D eigenvalue weighted by Gasteiger charge is 2.39. The van der Waals surface area contributed by atoms with Crippen molar-refractivity contribution in [2.45, 2.75) is 31.4 Å². The number of aromatic nitrogens is 6. The highest BCUT2D eigenvalue weighted by Crippen LogP contribution is 2.26. The molecule has 5 rings (SSSR count). The van der Waals surface area contributed by atoms with Crippen molar-refractivity contribution >= 4 is 29.3 Å². The molecular weight excluding hydrogens is 566 g/mol. The molecule has 2 aromatic carbocycles. The maximum Gasteiger partial charge on any atom is 0.416 e. The highest BCUT2D eigenvalue weighted by molar-refractivity contribution is 6.32. The molecule has 11 nitrogen and oxygen atoms in total. The molecule has 0 spiro atoms. The first-order valence-corrected chi connectivity index (χ1v) is 12.1. The summed E-state index contributed by atoms with van der Waals surface area (Å²) in [6.07, 6.45) is -8.42. The van der Waals surface area contributed by atoms with Crippen molar-refractivity contribution in [3.63, 3.8) is 0 Å². The van der Waals surface area contributed by atoms with Crippen LogP contribution in [0.1, 0.15) is 17.7 Å². The van der Waals surface area contributed by atoms with Crippen LogP contribution in [0.25, 0.3) is 17.1 Å². The molecule has 2 N–H and O–H groups in total. The Kier molecular flexibility index (Phi) is 7.09. The Hall–Kier alpha value is -3.88. The van der Waals surface area contributed by atoms with Gasteiger partial charge in [-0.1, -0.05) is 35.3 Å². The van der Waals surface area contributed by atoms with Crippen molar-refractivity contribution in [1.82, 2.24) is 34.4 Å². The van der Waals surface area contributed by atoms with Crippen LogP contribution in [-0.2, 0) is 17.8 Å². The number of nitrogens with one attached hydrogen (secondary N) is 1. The van der Waals surface area contributed by atoms with Gasteiger partial charge in [-0.05, 0) is 36.4 Å². The predicted octanol–water partition coefficient (Wildman–Crippen LogP) is 3.35. The number of cyclic esters (lactones) is 1. The molecule has 4 aromatic rings. The molecule has 0 radical (unpaired) electrons. The van der Waals surface area contributed by atoms with Gasteiger partial charge in [-0.3, -0.25) is 4.57 Å². The Morgan fingerprint density at radius 1 is 1.10 bits per heavy atom. The third kappa shape index (κ3) is 5.48. The summed E-state index contributed by atoms with van der Waals surface area (Å²) in [6.45, 7) is -1.47. The van der Waals surface area contributed by atoms with Crippen LogP contribution in [0.4, 0.5) is 18.0 Å². The summed E-state index contributed by atoms with van der Waals surface area (Å²) in [5, 5.41) is 21.6. The topological polar surface area (TPSA) is 129 Å². The number of ether oxygens (including phenoxy) is 1. The molecule has 16 heteroatoms. The number of hydrogen-bond donors (Lipinski definition) is 2. The number of carbonyl (C=O) groups excluding carboxylic acids is 1. The minimum Gasteiger partial charge on any atom is -0.447 e. The van der Waals surface area contributed by atoms with Gasteiger partial charge in [0.1, 0.15) is 19.2 Å². The van der Waals surface area contributed by atoms with E-state index >= 15 is 0 Å². The Labute approximate surface area is 227 Å². The summed E-state index contributed by atoms with van der Waals surface area (Å²) >= 11 is 12.3. The molecule has 0 bridgehead atoms. The number of nitrogens with zero attached hydrogens (tertiary/aromatic N) is 6. The third-order valence-corrected chi connectivity index (χ3v) is 6.36. The van der Waals surface area contributed by atoms with Gasteiger partial charge in [-0.25, -0.2) is 23.9 Å². The molecule has 1 aliphatic rings. The number of amides is 1. The van der Waals surface area contributed by atoms with Crippen molar-refractivity contribution in [3.05, 3.63) is 80.7 Å². The molecular formula is C23H18Cl2F3N7O4. The summed E-state index contributed by atoms with van der Waals surface area (Å²) < 4.78 is 47.4. The van der Waals surface area contributed by atoms with E-state index in [1.54, 1.807) is 24.3 Å². The van der Waals surface area contributed by atoms with Gasteiger partial charge in [0.15, 0.2) is 23.6 Å². The molecule has 1 amide bonds. The van der Waals surface area contributed by atoms with Crippen molar-refractivity contribution in [1.29, 1.82) is 0 Å². The number of hydrogen-bond acceptors (Lipinski definition) is 7. The first-order valence-electron chi connectivity index (χ1n) is 11.3. The van der Waals surface area contributed by atoms with E-state index in [0.717, 1.165) is 9.25 Å². The quantitative estimate of drug-likeness (QED) is 0.341. The Bertz CT molecular complexity index is 1580. The number of alkyl halides is 3. The van der Waals surface area contributed by atoms with Gasteiger partial charge in [-0.2, -0.15) is 13.2 Å². The maximum atomic E-state index is 13.2. The predicted molar refractivity (Wildman–Crippen MR) is 132 cm³/mol. The zero-order valence-corrected chi connectivity index (χ0v) is 21.2. The number of benzene rings is 2. The summed E-state index contributed by atoms with van der Waals surface area (Å²) in [7, 11) is 0. The monoisotopic (exact) mass is 583 g/mol. The van der Waals surface area contributed by atoms with Crippen LogP contribution < -0.4 is 11.0 Å². The Balaban J connectivity index is 1.57. The standard InChI is InChI=1S/C23H18Cl2F3N7O4/c24-13-7-5-12(6-8-13)19-32-34(22(38)33(19)9-17(36)23(26,27)28)10-18-30-20(15-11-39-21(37)29-15)35(31-18)16-4-2-1-3-14(16)25/h1-8,15,17,36H,9-11H2,(H,29,37)/t15?,17-/m0/s1. The number of alkyl carbamates (subject to hydrolysis) is 1. The summed E-state index contributed by atoms with van der Waals surface area (Å²) in [5.74, 6) is 0.181. The van der Waals surface area contributed by atoms with E-state index in [2.05, 4.69) is 20.5 Å². The lowest BCUT2D eigenvalue weighted by Crippen LogP contribution is -2.37. The smallest absolute Gasteiger partial charge is 0.416 e. The minimum absolute atomic E-state index is 0.0357. The Morgan fingerprint density at radius 3 is 2.46 bits per heavy atom. The van der Waals surface area contributed by atoms with E-state index in [4.69, 9.17) is 27.9 Å². The maximum absolute atomic E-state index is 13.2. The van der Waals surface area contributed by atoms with Gasteiger partial charge in [0, 0.05) is 10.6 Å². The number of carbonyl (C=O) groups is 1. The molecule has 1 aliphatic heterocycles. The average molecular weight is 584 g/mol. The van der Waals surface area contributed by atoms with Crippen molar-refractivity contribution < 1.29 is 27.8 Å². The van der Waals surface area contributed by atoms with Crippen LogP contribution in [0, 0.1) is 0 Å². The number of rotatable bonds is 7. The van der Waals surface area contributed by atoms with E-state index in [1.807, 2.05) is 0 Å². The van der Waals surface area contributed by atoms with E-state index in [-0.39, 0.29) is 30.6 Å². The first-order chi connectivity index (χ1) is 18.5. The van der Waals surface area contributed by atoms with Crippen LogP contribution in [0.5, 0.6) is 0 Å². The zero-order valence-electron chi connectivity index (χ0n) is 19.6. The molecule has 3 heterocycles. The van der Waals surface area contributed by atoms with Crippen LogP contribution >= 0.6 is 23.2 Å². The molecule has 0 aliphatic carbocycles. The number of aliphatic hydroxyl groups is 1. The molecule has 2 aromatic heterocycles. The summed E-state index contributed by atoms with van der Waals surface area (Å²) in [5.41, 5.74) is -0.204. The third-order valence-electron chi connectivity index (χ3n) is 5.79. The van der Waals surface area contributed by atoms with E-state index in [1.165, 1.54) is 28.9 Å². The van der Waals surface area contributed by atoms with Crippen molar-refractivity contribution in [3.8, 4) is 17.1 Å². The summed E-state index contributed by atoms with van der Waals surface area (Å²) in [6, 6.07) is 12.0. The van der Waals surface area contributed by atoms with Gasteiger partial charge < -0.3 is 15.2 Å². The Morgan fingerprint density at radius 2 is 1.82 bits per heavy atom. The zero-order chi connectivity index (χ0) is 27.9. The van der Waals surface area contributed by atoms with E-state index < -0.39 is 36.6 Å². The van der Waals surface area contributed by atoms with Gasteiger partial charge in [0.25, 0.3) is 0 Å².